The van der Waals surface area contributed by atoms with E-state index in [1.807, 2.05) is 31.2 Å². The molecule has 17 heavy (non-hydrogen) atoms. The standard InChI is InChI=1S/C13H17N3O/c1-10-2-4-11(5-3-10)12(17)8-14-9-13-15-6-7-16-13/h2-7,12,14,17H,8-9H2,1H3,(H,15,16). The van der Waals surface area contributed by atoms with Crippen molar-refractivity contribution in [3.05, 3.63) is 53.6 Å². The minimum atomic E-state index is -0.481. The molecule has 0 fully saturated rings. The van der Waals surface area contributed by atoms with E-state index in [0.29, 0.717) is 13.1 Å². The average Bonchev–Trinajstić information content (AvgIpc) is 2.83. The van der Waals surface area contributed by atoms with Gasteiger partial charge in [0.1, 0.15) is 5.82 Å². The normalized spacial score (nSPS) is 12.6. The molecule has 0 saturated heterocycles. The summed E-state index contributed by atoms with van der Waals surface area (Å²) >= 11 is 0. The highest BCUT2D eigenvalue weighted by molar-refractivity contribution is 5.23. The summed E-state index contributed by atoms with van der Waals surface area (Å²) in [7, 11) is 0. The topological polar surface area (TPSA) is 60.9 Å². The van der Waals surface area contributed by atoms with E-state index in [1.165, 1.54) is 5.56 Å². The molecule has 2 aromatic rings. The Morgan fingerprint density at radius 2 is 2.12 bits per heavy atom. The molecule has 0 radical (unpaired) electrons. The third-order valence-corrected chi connectivity index (χ3v) is 2.65. The summed E-state index contributed by atoms with van der Waals surface area (Å²) in [6.07, 6.45) is 3.02. The molecular weight excluding hydrogens is 214 g/mol. The second-order valence-electron chi connectivity index (χ2n) is 4.09. The molecule has 4 nitrogen and oxygen atoms in total. The zero-order chi connectivity index (χ0) is 12.1. The van der Waals surface area contributed by atoms with Crippen LogP contribution in [-0.4, -0.2) is 21.6 Å². The van der Waals surface area contributed by atoms with E-state index in [1.54, 1.807) is 12.4 Å². The Morgan fingerprint density at radius 3 is 2.76 bits per heavy atom. The quantitative estimate of drug-likeness (QED) is 0.731. The predicted octanol–water partition coefficient (Wildman–Crippen LogP) is 1.54. The first kappa shape index (κ1) is 11.8. The second-order valence-corrected chi connectivity index (χ2v) is 4.09. The van der Waals surface area contributed by atoms with Crippen LogP contribution in [0.2, 0.25) is 0 Å². The van der Waals surface area contributed by atoms with Gasteiger partial charge in [0.05, 0.1) is 12.6 Å². The Morgan fingerprint density at radius 1 is 1.35 bits per heavy atom. The van der Waals surface area contributed by atoms with Gasteiger partial charge in [-0.1, -0.05) is 29.8 Å². The van der Waals surface area contributed by atoms with E-state index in [4.69, 9.17) is 0 Å². The van der Waals surface area contributed by atoms with Gasteiger partial charge in [-0.25, -0.2) is 4.98 Å². The van der Waals surface area contributed by atoms with E-state index in [9.17, 15) is 5.11 Å². The number of hydrogen-bond acceptors (Lipinski definition) is 3. The van der Waals surface area contributed by atoms with Gasteiger partial charge >= 0.3 is 0 Å². The van der Waals surface area contributed by atoms with Crippen LogP contribution in [0.1, 0.15) is 23.1 Å². The Balaban J connectivity index is 1.81. The summed E-state index contributed by atoms with van der Waals surface area (Å²) in [6, 6.07) is 7.92. The van der Waals surface area contributed by atoms with Gasteiger partial charge in [0.15, 0.2) is 0 Å². The Kier molecular flexibility index (Phi) is 3.90. The highest BCUT2D eigenvalue weighted by atomic mass is 16.3. The maximum atomic E-state index is 9.95. The van der Waals surface area contributed by atoms with Gasteiger partial charge in [-0.05, 0) is 12.5 Å². The molecule has 0 saturated carbocycles. The monoisotopic (exact) mass is 231 g/mol. The number of nitrogens with one attached hydrogen (secondary N) is 2. The molecule has 2 rings (SSSR count). The summed E-state index contributed by atoms with van der Waals surface area (Å²) in [5.41, 5.74) is 2.13. The third kappa shape index (κ3) is 3.41. The number of H-pyrrole nitrogens is 1. The number of rotatable bonds is 5. The number of hydrogen-bond donors (Lipinski definition) is 3. The van der Waals surface area contributed by atoms with Gasteiger partial charge in [-0.15, -0.1) is 0 Å². The molecule has 3 N–H and O–H groups in total. The van der Waals surface area contributed by atoms with Crippen LogP contribution < -0.4 is 5.32 Å². The van der Waals surface area contributed by atoms with Crippen molar-refractivity contribution in [2.24, 2.45) is 0 Å². The molecule has 1 aromatic heterocycles. The van der Waals surface area contributed by atoms with Crippen LogP contribution in [0.5, 0.6) is 0 Å². The van der Waals surface area contributed by atoms with Crippen LogP contribution in [0.15, 0.2) is 36.7 Å². The van der Waals surface area contributed by atoms with Crippen LogP contribution in [0.4, 0.5) is 0 Å². The van der Waals surface area contributed by atoms with Gasteiger partial charge < -0.3 is 15.4 Å². The van der Waals surface area contributed by atoms with Gasteiger partial charge in [-0.2, -0.15) is 0 Å². The summed E-state index contributed by atoms with van der Waals surface area (Å²) in [5.74, 6) is 0.876. The maximum Gasteiger partial charge on any atom is 0.120 e. The minimum Gasteiger partial charge on any atom is -0.387 e. The largest absolute Gasteiger partial charge is 0.387 e. The number of aliphatic hydroxyl groups excluding tert-OH is 1. The minimum absolute atomic E-state index is 0.481. The van der Waals surface area contributed by atoms with Crippen molar-refractivity contribution in [3.8, 4) is 0 Å². The van der Waals surface area contributed by atoms with Gasteiger partial charge in [0.25, 0.3) is 0 Å². The van der Waals surface area contributed by atoms with E-state index < -0.39 is 6.10 Å². The third-order valence-electron chi connectivity index (χ3n) is 2.65. The zero-order valence-corrected chi connectivity index (χ0v) is 9.85. The van der Waals surface area contributed by atoms with Crippen LogP contribution >= 0.6 is 0 Å². The van der Waals surface area contributed by atoms with E-state index in [2.05, 4.69) is 15.3 Å². The lowest BCUT2D eigenvalue weighted by atomic mass is 10.1. The fourth-order valence-electron chi connectivity index (χ4n) is 1.63. The van der Waals surface area contributed by atoms with Crippen LogP contribution in [0, 0.1) is 6.92 Å². The van der Waals surface area contributed by atoms with Gasteiger partial charge in [0.2, 0.25) is 0 Å². The SMILES string of the molecule is Cc1ccc(C(O)CNCc2ncc[nH]2)cc1. The fraction of sp³-hybridized carbons (Fsp3) is 0.308. The van der Waals surface area contributed by atoms with Crippen LogP contribution in [0.3, 0.4) is 0 Å². The number of benzene rings is 1. The first-order valence-electron chi connectivity index (χ1n) is 5.69. The molecule has 1 unspecified atom stereocenters. The van der Waals surface area contributed by atoms with Crippen LogP contribution in [0.25, 0.3) is 0 Å². The van der Waals surface area contributed by atoms with Crippen molar-refractivity contribution in [2.75, 3.05) is 6.54 Å². The number of aryl methyl sites for hydroxylation is 1. The first-order chi connectivity index (χ1) is 8.25. The lowest BCUT2D eigenvalue weighted by Gasteiger charge is -2.11. The number of aromatic nitrogens is 2. The maximum absolute atomic E-state index is 9.95. The average molecular weight is 231 g/mol. The Labute approximate surface area is 101 Å². The highest BCUT2D eigenvalue weighted by Gasteiger charge is 2.06. The Bertz CT molecular complexity index is 436. The van der Waals surface area contributed by atoms with Crippen molar-refractivity contribution in [2.45, 2.75) is 19.6 Å². The molecule has 0 aliphatic heterocycles. The van der Waals surface area contributed by atoms with Crippen molar-refractivity contribution < 1.29 is 5.11 Å². The molecular formula is C13H17N3O. The smallest absolute Gasteiger partial charge is 0.120 e. The van der Waals surface area contributed by atoms with Crippen LogP contribution in [-0.2, 0) is 6.54 Å². The number of aromatic amines is 1. The molecule has 4 heteroatoms. The summed E-state index contributed by atoms with van der Waals surface area (Å²) in [6.45, 7) is 3.19. The lowest BCUT2D eigenvalue weighted by Crippen LogP contribution is -2.21. The van der Waals surface area contributed by atoms with Crippen molar-refractivity contribution >= 4 is 0 Å². The molecule has 1 atom stereocenters. The fourth-order valence-corrected chi connectivity index (χ4v) is 1.63. The molecule has 0 aliphatic carbocycles. The van der Waals surface area contributed by atoms with Gasteiger partial charge in [-0.3, -0.25) is 0 Å². The van der Waals surface area contributed by atoms with E-state index in [0.717, 1.165) is 11.4 Å². The summed E-state index contributed by atoms with van der Waals surface area (Å²) < 4.78 is 0. The number of nitrogens with zero attached hydrogens (tertiary/aromatic N) is 1. The molecule has 0 bridgehead atoms. The molecule has 1 heterocycles. The second kappa shape index (κ2) is 5.61. The highest BCUT2D eigenvalue weighted by Crippen LogP contribution is 2.12. The van der Waals surface area contributed by atoms with Crippen molar-refractivity contribution in [1.29, 1.82) is 0 Å². The van der Waals surface area contributed by atoms with Crippen molar-refractivity contribution in [3.63, 3.8) is 0 Å². The Hall–Kier alpha value is -1.65. The molecule has 90 valence electrons. The lowest BCUT2D eigenvalue weighted by molar-refractivity contribution is 0.174. The zero-order valence-electron chi connectivity index (χ0n) is 9.85. The van der Waals surface area contributed by atoms with E-state index in [-0.39, 0.29) is 0 Å². The summed E-state index contributed by atoms with van der Waals surface area (Å²) in [5, 5.41) is 13.1. The number of aliphatic hydroxyl groups is 1. The van der Waals surface area contributed by atoms with E-state index >= 15 is 0 Å². The number of imidazole rings is 1. The summed E-state index contributed by atoms with van der Waals surface area (Å²) in [4.78, 5) is 7.10. The molecule has 0 amide bonds. The molecule has 0 spiro atoms. The van der Waals surface area contributed by atoms with Gasteiger partial charge in [0, 0.05) is 18.9 Å². The molecule has 1 aromatic carbocycles. The van der Waals surface area contributed by atoms with Crippen molar-refractivity contribution in [1.82, 2.24) is 15.3 Å². The predicted molar refractivity (Wildman–Crippen MR) is 66.4 cm³/mol. The first-order valence-corrected chi connectivity index (χ1v) is 5.69. The molecule has 0 aliphatic rings.